The van der Waals surface area contributed by atoms with E-state index in [1.807, 2.05) is 6.92 Å². The maximum atomic E-state index is 11.1. The lowest BCUT2D eigenvalue weighted by molar-refractivity contribution is -0.118. The Morgan fingerprint density at radius 3 is 2.71 bits per heavy atom. The number of carbonyl (C=O) groups excluding carboxylic acids is 1. The van der Waals surface area contributed by atoms with E-state index in [0.29, 0.717) is 41.7 Å². The van der Waals surface area contributed by atoms with Crippen molar-refractivity contribution in [1.82, 2.24) is 0 Å². The number of carbonyl (C=O) groups is 1. The minimum Gasteiger partial charge on any atom is -0.492 e. The Morgan fingerprint density at radius 1 is 1.35 bits per heavy atom. The third-order valence-corrected chi connectivity index (χ3v) is 3.72. The molecule has 1 aromatic carbocycles. The Labute approximate surface area is 119 Å². The number of ether oxygens (including phenoxy) is 1. The standard InChI is InChI=1S/C12H13BrCl2O2/c1-2-8(16)4-3-5-17-12-7-10(14)9(13)6-11(12)15/h6-7H,2-5H2,1H3. The summed E-state index contributed by atoms with van der Waals surface area (Å²) in [5.74, 6) is 0.789. The van der Waals surface area contributed by atoms with E-state index in [1.165, 1.54) is 0 Å². The quantitative estimate of drug-likeness (QED) is 0.544. The van der Waals surface area contributed by atoms with E-state index in [4.69, 9.17) is 27.9 Å². The predicted octanol–water partition coefficient (Wildman–Crippen LogP) is 4.89. The predicted molar refractivity (Wildman–Crippen MR) is 74.2 cm³/mol. The molecule has 0 saturated heterocycles. The van der Waals surface area contributed by atoms with Crippen LogP contribution in [0.5, 0.6) is 5.75 Å². The van der Waals surface area contributed by atoms with Crippen molar-refractivity contribution in [2.45, 2.75) is 26.2 Å². The highest BCUT2D eigenvalue weighted by molar-refractivity contribution is 9.10. The van der Waals surface area contributed by atoms with Crippen molar-refractivity contribution in [2.75, 3.05) is 6.61 Å². The van der Waals surface area contributed by atoms with Gasteiger partial charge in [-0.3, -0.25) is 4.79 Å². The first-order chi connectivity index (χ1) is 8.04. The average molecular weight is 340 g/mol. The summed E-state index contributed by atoms with van der Waals surface area (Å²) in [5, 5.41) is 1.05. The van der Waals surface area contributed by atoms with Crippen LogP contribution in [0.4, 0.5) is 0 Å². The van der Waals surface area contributed by atoms with Gasteiger partial charge in [0.15, 0.2) is 0 Å². The zero-order chi connectivity index (χ0) is 12.8. The van der Waals surface area contributed by atoms with Gasteiger partial charge in [0.1, 0.15) is 11.5 Å². The van der Waals surface area contributed by atoms with E-state index in [9.17, 15) is 4.79 Å². The van der Waals surface area contributed by atoms with Gasteiger partial charge in [0.25, 0.3) is 0 Å². The van der Waals surface area contributed by atoms with Crippen LogP contribution in [0.25, 0.3) is 0 Å². The summed E-state index contributed by atoms with van der Waals surface area (Å²) in [6.07, 6.45) is 1.81. The number of hydrogen-bond acceptors (Lipinski definition) is 2. The Balaban J connectivity index is 2.47. The SMILES string of the molecule is CCC(=O)CCCOc1cc(Cl)c(Br)cc1Cl. The van der Waals surface area contributed by atoms with Crippen molar-refractivity contribution in [3.8, 4) is 5.75 Å². The minimum absolute atomic E-state index is 0.244. The van der Waals surface area contributed by atoms with E-state index in [1.54, 1.807) is 12.1 Å². The molecule has 94 valence electrons. The Hall–Kier alpha value is -0.250. The third-order valence-electron chi connectivity index (χ3n) is 2.23. The molecule has 0 bridgehead atoms. The number of ketones is 1. The second-order valence-electron chi connectivity index (χ2n) is 3.54. The van der Waals surface area contributed by atoms with Crippen LogP contribution < -0.4 is 4.74 Å². The molecule has 0 heterocycles. The molecule has 0 atom stereocenters. The van der Waals surface area contributed by atoms with Gasteiger partial charge < -0.3 is 4.74 Å². The molecule has 0 aromatic heterocycles. The molecule has 17 heavy (non-hydrogen) atoms. The highest BCUT2D eigenvalue weighted by Gasteiger charge is 2.07. The van der Waals surface area contributed by atoms with Gasteiger partial charge in [-0.25, -0.2) is 0 Å². The van der Waals surface area contributed by atoms with Gasteiger partial charge in [0, 0.05) is 23.4 Å². The fraction of sp³-hybridized carbons (Fsp3) is 0.417. The minimum atomic E-state index is 0.244. The van der Waals surface area contributed by atoms with Gasteiger partial charge in [-0.05, 0) is 28.4 Å². The molecule has 0 N–H and O–H groups in total. The number of hydrogen-bond donors (Lipinski definition) is 0. The lowest BCUT2D eigenvalue weighted by Gasteiger charge is -2.09. The summed E-state index contributed by atoms with van der Waals surface area (Å²) < 4.78 is 6.21. The molecule has 2 nitrogen and oxygen atoms in total. The molecule has 0 radical (unpaired) electrons. The zero-order valence-corrected chi connectivity index (χ0v) is 12.5. The van der Waals surface area contributed by atoms with E-state index in [0.717, 1.165) is 4.47 Å². The van der Waals surface area contributed by atoms with Crippen molar-refractivity contribution in [3.05, 3.63) is 26.7 Å². The first kappa shape index (κ1) is 14.8. The molecule has 0 spiro atoms. The molecular formula is C12H13BrCl2O2. The normalized spacial score (nSPS) is 10.4. The monoisotopic (exact) mass is 338 g/mol. The summed E-state index contributed by atoms with van der Waals surface area (Å²) in [6.45, 7) is 2.32. The van der Waals surface area contributed by atoms with Crippen molar-refractivity contribution >= 4 is 44.9 Å². The number of Topliss-reactive ketones (excluding diaryl/α,β-unsaturated/α-hetero) is 1. The maximum Gasteiger partial charge on any atom is 0.139 e. The fourth-order valence-corrected chi connectivity index (χ4v) is 2.09. The third kappa shape index (κ3) is 4.86. The Bertz CT molecular complexity index is 408. The lowest BCUT2D eigenvalue weighted by atomic mass is 10.2. The van der Waals surface area contributed by atoms with Crippen LogP contribution in [0.2, 0.25) is 10.0 Å². The van der Waals surface area contributed by atoms with Crippen LogP contribution in [0.3, 0.4) is 0 Å². The number of benzene rings is 1. The van der Waals surface area contributed by atoms with Crippen LogP contribution in [0.15, 0.2) is 16.6 Å². The summed E-state index contributed by atoms with van der Waals surface area (Å²) in [7, 11) is 0. The summed E-state index contributed by atoms with van der Waals surface area (Å²) in [6, 6.07) is 3.35. The molecule has 0 amide bonds. The fourth-order valence-electron chi connectivity index (χ4n) is 1.24. The van der Waals surface area contributed by atoms with Crippen molar-refractivity contribution in [1.29, 1.82) is 0 Å². The van der Waals surface area contributed by atoms with E-state index >= 15 is 0 Å². The van der Waals surface area contributed by atoms with Gasteiger partial charge in [-0.15, -0.1) is 0 Å². The van der Waals surface area contributed by atoms with Gasteiger partial charge in [-0.1, -0.05) is 30.1 Å². The molecule has 0 aliphatic rings. The summed E-state index contributed by atoms with van der Waals surface area (Å²) >= 11 is 15.2. The first-order valence-corrected chi connectivity index (χ1v) is 6.88. The smallest absolute Gasteiger partial charge is 0.139 e. The van der Waals surface area contributed by atoms with E-state index < -0.39 is 0 Å². The molecule has 0 fully saturated rings. The molecule has 1 aromatic rings. The largest absolute Gasteiger partial charge is 0.492 e. The van der Waals surface area contributed by atoms with Gasteiger partial charge in [-0.2, -0.15) is 0 Å². The summed E-state index contributed by atoms with van der Waals surface area (Å²) in [5.41, 5.74) is 0. The highest BCUT2D eigenvalue weighted by Crippen LogP contribution is 2.34. The van der Waals surface area contributed by atoms with E-state index in [2.05, 4.69) is 15.9 Å². The molecule has 0 aliphatic heterocycles. The van der Waals surface area contributed by atoms with Crippen LogP contribution in [0, 0.1) is 0 Å². The first-order valence-electron chi connectivity index (χ1n) is 5.33. The van der Waals surface area contributed by atoms with E-state index in [-0.39, 0.29) is 5.78 Å². The van der Waals surface area contributed by atoms with Crippen LogP contribution in [-0.4, -0.2) is 12.4 Å². The molecule has 0 unspecified atom stereocenters. The van der Waals surface area contributed by atoms with Gasteiger partial charge in [0.2, 0.25) is 0 Å². The second kappa shape index (κ2) is 7.24. The Kier molecular flexibility index (Phi) is 6.31. The lowest BCUT2D eigenvalue weighted by Crippen LogP contribution is -2.02. The number of rotatable bonds is 6. The zero-order valence-electron chi connectivity index (χ0n) is 9.43. The van der Waals surface area contributed by atoms with Gasteiger partial charge in [0.05, 0.1) is 16.7 Å². The van der Waals surface area contributed by atoms with Gasteiger partial charge >= 0.3 is 0 Å². The molecule has 1 rings (SSSR count). The molecule has 0 saturated carbocycles. The molecular weight excluding hydrogens is 327 g/mol. The van der Waals surface area contributed by atoms with Crippen LogP contribution >= 0.6 is 39.1 Å². The molecule has 5 heteroatoms. The van der Waals surface area contributed by atoms with Crippen LogP contribution in [-0.2, 0) is 4.79 Å². The van der Waals surface area contributed by atoms with Crippen molar-refractivity contribution in [2.24, 2.45) is 0 Å². The number of halogens is 3. The second-order valence-corrected chi connectivity index (χ2v) is 5.21. The average Bonchev–Trinajstić information content (AvgIpc) is 2.30. The maximum absolute atomic E-state index is 11.1. The van der Waals surface area contributed by atoms with Crippen molar-refractivity contribution in [3.63, 3.8) is 0 Å². The highest BCUT2D eigenvalue weighted by atomic mass is 79.9. The topological polar surface area (TPSA) is 26.3 Å². The van der Waals surface area contributed by atoms with Crippen LogP contribution in [0.1, 0.15) is 26.2 Å². The Morgan fingerprint density at radius 2 is 2.06 bits per heavy atom. The van der Waals surface area contributed by atoms with Crippen molar-refractivity contribution < 1.29 is 9.53 Å². The molecule has 0 aliphatic carbocycles. The summed E-state index contributed by atoms with van der Waals surface area (Å²) in [4.78, 5) is 11.1.